The van der Waals surface area contributed by atoms with Gasteiger partial charge in [0.1, 0.15) is 5.56 Å². The number of aryl methyl sites for hydroxylation is 1. The molecule has 1 aromatic carbocycles. The van der Waals surface area contributed by atoms with Crippen LogP contribution in [-0.4, -0.2) is 42.0 Å². The van der Waals surface area contributed by atoms with Crippen LogP contribution in [0.25, 0.3) is 10.9 Å². The van der Waals surface area contributed by atoms with Crippen molar-refractivity contribution >= 4 is 22.8 Å². The molecule has 0 unspecified atom stereocenters. The number of esters is 1. The van der Waals surface area contributed by atoms with E-state index in [4.69, 9.17) is 4.74 Å². The van der Waals surface area contributed by atoms with E-state index >= 15 is 0 Å². The molecule has 1 aliphatic heterocycles. The number of likely N-dealkylation sites (tertiary alicyclic amines) is 1. The molecule has 0 bridgehead atoms. The van der Waals surface area contributed by atoms with Crippen molar-refractivity contribution in [3.8, 4) is 0 Å². The van der Waals surface area contributed by atoms with Crippen molar-refractivity contribution in [1.82, 2.24) is 9.88 Å². The van der Waals surface area contributed by atoms with Crippen LogP contribution in [0.2, 0.25) is 0 Å². The van der Waals surface area contributed by atoms with Gasteiger partial charge in [-0.25, -0.2) is 0 Å². The van der Waals surface area contributed by atoms with E-state index in [9.17, 15) is 14.4 Å². The first-order valence-corrected chi connectivity index (χ1v) is 8.96. The van der Waals surface area contributed by atoms with Gasteiger partial charge in [-0.05, 0) is 37.3 Å². The summed E-state index contributed by atoms with van der Waals surface area (Å²) in [5.74, 6) is -0.439. The van der Waals surface area contributed by atoms with Gasteiger partial charge in [0.2, 0.25) is 5.43 Å². The molecular formula is C20H22N2O4. The van der Waals surface area contributed by atoms with Crippen molar-refractivity contribution in [1.29, 1.82) is 0 Å². The van der Waals surface area contributed by atoms with E-state index in [1.165, 1.54) is 13.3 Å². The van der Waals surface area contributed by atoms with Gasteiger partial charge < -0.3 is 14.6 Å². The molecule has 1 saturated heterocycles. The molecule has 2 atom stereocenters. The van der Waals surface area contributed by atoms with Crippen molar-refractivity contribution < 1.29 is 14.3 Å². The summed E-state index contributed by atoms with van der Waals surface area (Å²) >= 11 is 0. The van der Waals surface area contributed by atoms with Crippen molar-refractivity contribution in [2.45, 2.75) is 26.2 Å². The van der Waals surface area contributed by atoms with Gasteiger partial charge in [0.05, 0.1) is 18.0 Å². The smallest absolute Gasteiger partial charge is 0.313 e. The summed E-state index contributed by atoms with van der Waals surface area (Å²) in [6.07, 6.45) is 4.12. The summed E-state index contributed by atoms with van der Waals surface area (Å²) in [4.78, 5) is 43.0. The third-order valence-corrected chi connectivity index (χ3v) is 6.10. The van der Waals surface area contributed by atoms with Gasteiger partial charge in [-0.3, -0.25) is 14.4 Å². The summed E-state index contributed by atoms with van der Waals surface area (Å²) in [5.41, 5.74) is 0.960. The predicted octanol–water partition coefficient (Wildman–Crippen LogP) is 2.25. The van der Waals surface area contributed by atoms with Crippen LogP contribution in [0.1, 0.15) is 35.2 Å². The fourth-order valence-electron chi connectivity index (χ4n) is 4.71. The Morgan fingerprint density at radius 1 is 1.35 bits per heavy atom. The minimum Gasteiger partial charge on any atom is -0.469 e. The quantitative estimate of drug-likeness (QED) is 0.839. The highest BCUT2D eigenvalue weighted by molar-refractivity contribution is 5.98. The van der Waals surface area contributed by atoms with E-state index < -0.39 is 5.41 Å². The summed E-state index contributed by atoms with van der Waals surface area (Å²) in [7, 11) is 1.40. The molecule has 26 heavy (non-hydrogen) atoms. The van der Waals surface area contributed by atoms with E-state index in [1.807, 2.05) is 19.1 Å². The largest absolute Gasteiger partial charge is 0.469 e. The third kappa shape index (κ3) is 2.28. The van der Waals surface area contributed by atoms with E-state index in [1.54, 1.807) is 11.0 Å². The molecule has 1 amide bonds. The SMILES string of the molecule is COC(=O)[C@@]12CCC[C@@H]1CN(C(=O)c1c[nH]c3c(C)cccc3c1=O)C2. The molecule has 1 aliphatic carbocycles. The highest BCUT2D eigenvalue weighted by Gasteiger charge is 2.56. The normalized spacial score (nSPS) is 24.7. The first-order valence-electron chi connectivity index (χ1n) is 8.96. The van der Waals surface area contributed by atoms with E-state index in [-0.39, 0.29) is 28.8 Å². The monoisotopic (exact) mass is 354 g/mol. The number of rotatable bonds is 2. The van der Waals surface area contributed by atoms with Gasteiger partial charge >= 0.3 is 5.97 Å². The zero-order valence-corrected chi connectivity index (χ0v) is 15.0. The topological polar surface area (TPSA) is 79.5 Å². The average Bonchev–Trinajstić information content (AvgIpc) is 3.20. The van der Waals surface area contributed by atoms with Gasteiger partial charge in [0, 0.05) is 24.7 Å². The maximum Gasteiger partial charge on any atom is 0.313 e. The van der Waals surface area contributed by atoms with Gasteiger partial charge in [0.25, 0.3) is 5.91 Å². The van der Waals surface area contributed by atoms with Crippen LogP contribution in [0.3, 0.4) is 0 Å². The minimum atomic E-state index is -0.607. The number of hydrogen-bond donors (Lipinski definition) is 1. The molecule has 1 N–H and O–H groups in total. The number of amides is 1. The molecular weight excluding hydrogens is 332 g/mol. The number of aromatic amines is 1. The lowest BCUT2D eigenvalue weighted by atomic mass is 9.81. The standard InChI is InChI=1S/C20H22N2O4/c1-12-5-3-7-14-16(12)21-9-15(17(14)23)18(24)22-10-13-6-4-8-20(13,11-22)19(25)26-2/h3,5,7,9,13H,4,6,8,10-11H2,1-2H3,(H,21,23)/t13-,20-/m1/s1. The fraction of sp³-hybridized carbons (Fsp3) is 0.450. The highest BCUT2D eigenvalue weighted by Crippen LogP contribution is 2.49. The molecule has 1 saturated carbocycles. The first-order chi connectivity index (χ1) is 12.5. The molecule has 136 valence electrons. The zero-order valence-electron chi connectivity index (χ0n) is 15.0. The summed E-state index contributed by atoms with van der Waals surface area (Å²) in [6.45, 7) is 2.75. The molecule has 2 aromatic rings. The third-order valence-electron chi connectivity index (χ3n) is 6.10. The van der Waals surface area contributed by atoms with Crippen LogP contribution in [-0.2, 0) is 9.53 Å². The molecule has 4 rings (SSSR count). The Kier molecular flexibility index (Phi) is 3.86. The van der Waals surface area contributed by atoms with E-state index in [2.05, 4.69) is 4.98 Å². The van der Waals surface area contributed by atoms with Crippen molar-refractivity contribution in [3.05, 3.63) is 45.7 Å². The first kappa shape index (κ1) is 16.8. The second-order valence-electron chi connectivity index (χ2n) is 7.45. The second-order valence-corrected chi connectivity index (χ2v) is 7.45. The van der Waals surface area contributed by atoms with E-state index in [0.717, 1.165) is 30.3 Å². The Hall–Kier alpha value is -2.63. The summed E-state index contributed by atoms with van der Waals surface area (Å²) in [6, 6.07) is 5.46. The number of nitrogens with one attached hydrogen (secondary N) is 1. The number of nitrogens with zero attached hydrogens (tertiary/aromatic N) is 1. The van der Waals surface area contributed by atoms with Crippen LogP contribution >= 0.6 is 0 Å². The summed E-state index contributed by atoms with van der Waals surface area (Å²) < 4.78 is 5.02. The highest BCUT2D eigenvalue weighted by atomic mass is 16.5. The average molecular weight is 354 g/mol. The van der Waals surface area contributed by atoms with Crippen molar-refractivity contribution in [2.75, 3.05) is 20.2 Å². The molecule has 2 heterocycles. The zero-order chi connectivity index (χ0) is 18.5. The number of carbonyl (C=O) groups excluding carboxylic acids is 2. The lowest BCUT2D eigenvalue weighted by Gasteiger charge is -2.25. The van der Waals surface area contributed by atoms with Crippen molar-refractivity contribution in [3.63, 3.8) is 0 Å². The van der Waals surface area contributed by atoms with Crippen LogP contribution in [0, 0.1) is 18.3 Å². The molecule has 2 aliphatic rings. The summed E-state index contributed by atoms with van der Waals surface area (Å²) in [5, 5.41) is 0.512. The number of ether oxygens (including phenoxy) is 1. The number of methoxy groups -OCH3 is 1. The predicted molar refractivity (Wildman–Crippen MR) is 97.0 cm³/mol. The molecule has 0 spiro atoms. The van der Waals surface area contributed by atoms with Gasteiger partial charge in [-0.15, -0.1) is 0 Å². The lowest BCUT2D eigenvalue weighted by molar-refractivity contribution is -0.153. The number of carbonyl (C=O) groups is 2. The van der Waals surface area contributed by atoms with Crippen LogP contribution in [0.15, 0.2) is 29.2 Å². The van der Waals surface area contributed by atoms with Crippen molar-refractivity contribution in [2.24, 2.45) is 11.3 Å². The maximum atomic E-state index is 13.0. The van der Waals surface area contributed by atoms with Gasteiger partial charge in [-0.2, -0.15) is 0 Å². The molecule has 1 aromatic heterocycles. The van der Waals surface area contributed by atoms with Crippen LogP contribution in [0.4, 0.5) is 0 Å². The van der Waals surface area contributed by atoms with Gasteiger partial charge in [-0.1, -0.05) is 18.6 Å². The Morgan fingerprint density at radius 3 is 2.92 bits per heavy atom. The number of benzene rings is 1. The fourth-order valence-corrected chi connectivity index (χ4v) is 4.71. The number of pyridine rings is 1. The second kappa shape index (κ2) is 5.97. The molecule has 0 radical (unpaired) electrons. The number of fused-ring (bicyclic) bond motifs is 2. The Labute approximate surface area is 151 Å². The minimum absolute atomic E-state index is 0.112. The Bertz CT molecular complexity index is 964. The Balaban J connectivity index is 1.69. The van der Waals surface area contributed by atoms with Crippen LogP contribution in [0.5, 0.6) is 0 Å². The number of H-pyrrole nitrogens is 1. The van der Waals surface area contributed by atoms with Gasteiger partial charge in [0.15, 0.2) is 0 Å². The Morgan fingerprint density at radius 2 is 2.15 bits per heavy atom. The number of para-hydroxylation sites is 1. The molecule has 6 nitrogen and oxygen atoms in total. The maximum absolute atomic E-state index is 13.0. The number of hydrogen-bond acceptors (Lipinski definition) is 4. The van der Waals surface area contributed by atoms with Crippen LogP contribution < -0.4 is 5.43 Å². The van der Waals surface area contributed by atoms with E-state index in [0.29, 0.717) is 18.5 Å². The number of aromatic nitrogens is 1. The molecule has 2 fully saturated rings. The molecule has 6 heteroatoms. The lowest BCUT2D eigenvalue weighted by Crippen LogP contribution is -2.39.